The van der Waals surface area contributed by atoms with Crippen molar-refractivity contribution in [2.75, 3.05) is 14.1 Å². The van der Waals surface area contributed by atoms with Crippen LogP contribution in [0.25, 0.3) is 5.76 Å². The van der Waals surface area contributed by atoms with Gasteiger partial charge in [0.1, 0.15) is 22.8 Å². The fourth-order valence-corrected chi connectivity index (χ4v) is 5.60. The molecule has 0 heterocycles. The molecular weight excluding hydrogens is 472 g/mol. The molecule has 12 heteroatoms. The van der Waals surface area contributed by atoms with E-state index in [-0.39, 0.29) is 23.5 Å². The van der Waals surface area contributed by atoms with Gasteiger partial charge in [-0.2, -0.15) is 0 Å². The highest BCUT2D eigenvalue weighted by molar-refractivity contribution is 6.24. The number of aliphatic hydroxyl groups is 5. The van der Waals surface area contributed by atoms with Crippen LogP contribution in [0.1, 0.15) is 18.1 Å². The van der Waals surface area contributed by atoms with Crippen molar-refractivity contribution in [1.29, 1.82) is 0 Å². The minimum Gasteiger partial charge on any atom is -0.508 e. The average Bonchev–Trinajstić information content (AvgIpc) is 2.70. The van der Waals surface area contributed by atoms with Crippen LogP contribution in [-0.4, -0.2) is 84.9 Å². The number of rotatable bonds is 2. The van der Waals surface area contributed by atoms with Crippen LogP contribution in [0.15, 0.2) is 35.1 Å². The van der Waals surface area contributed by atoms with Gasteiger partial charge in [0.25, 0.3) is 5.91 Å². The molecule has 34 heavy (non-hydrogen) atoms. The van der Waals surface area contributed by atoms with E-state index in [2.05, 4.69) is 0 Å². The Balaban J connectivity index is 0.00000324. The fraction of sp³-hybridized carbons (Fsp3) is 0.409. The van der Waals surface area contributed by atoms with Crippen LogP contribution in [0, 0.1) is 11.8 Å². The van der Waals surface area contributed by atoms with Crippen molar-refractivity contribution in [3.8, 4) is 5.75 Å². The van der Waals surface area contributed by atoms with Crippen LogP contribution >= 0.6 is 12.4 Å². The third-order valence-corrected chi connectivity index (χ3v) is 7.03. The number of primary amides is 1. The van der Waals surface area contributed by atoms with Crippen molar-refractivity contribution in [2.45, 2.75) is 30.3 Å². The number of phenols is 1. The van der Waals surface area contributed by atoms with Gasteiger partial charge in [0.15, 0.2) is 11.4 Å². The van der Waals surface area contributed by atoms with Gasteiger partial charge in [-0.15, -0.1) is 12.4 Å². The fourth-order valence-electron chi connectivity index (χ4n) is 5.60. The smallest absolute Gasteiger partial charge is 0.255 e. The summed E-state index contributed by atoms with van der Waals surface area (Å²) in [6, 6.07) is 2.50. The Morgan fingerprint density at radius 1 is 1.12 bits per heavy atom. The maximum absolute atomic E-state index is 13.7. The highest BCUT2D eigenvalue weighted by Gasteiger charge is 2.70. The van der Waals surface area contributed by atoms with Crippen molar-refractivity contribution >= 4 is 35.6 Å². The van der Waals surface area contributed by atoms with Gasteiger partial charge in [0.05, 0.1) is 40.7 Å². The SMILES string of the molecule is CN(C)[C@@H]1C(=O)C(C(N)=O)=C(O)[C@]2(O)C(=O)C3=C(O)c4c(O)cccc4[C@@](C)(O)[C@H]3[C@H](O)[C@@H]12.Cl. The van der Waals surface area contributed by atoms with Crippen LogP contribution in [0.3, 0.4) is 0 Å². The second-order valence-electron chi connectivity index (χ2n) is 9.06. The Kier molecular flexibility index (Phi) is 5.88. The lowest BCUT2D eigenvalue weighted by atomic mass is 9.53. The van der Waals surface area contributed by atoms with Crippen molar-refractivity contribution in [1.82, 2.24) is 4.90 Å². The number of amides is 1. The van der Waals surface area contributed by atoms with E-state index in [0.29, 0.717) is 0 Å². The number of benzene rings is 1. The summed E-state index contributed by atoms with van der Waals surface area (Å²) in [5, 5.41) is 66.3. The van der Waals surface area contributed by atoms with E-state index >= 15 is 0 Å². The second-order valence-corrected chi connectivity index (χ2v) is 9.06. The maximum atomic E-state index is 13.7. The Labute approximate surface area is 199 Å². The molecule has 0 radical (unpaired) electrons. The van der Waals surface area contributed by atoms with Gasteiger partial charge in [-0.05, 0) is 32.6 Å². The molecule has 0 spiro atoms. The molecule has 8 N–H and O–H groups in total. The summed E-state index contributed by atoms with van der Waals surface area (Å²) in [7, 11) is 2.80. The van der Waals surface area contributed by atoms with Crippen LogP contribution in [0.4, 0.5) is 0 Å². The molecular formula is C22H25ClN2O9. The molecule has 3 aliphatic rings. The summed E-state index contributed by atoms with van der Waals surface area (Å²) in [6.07, 6.45) is -1.87. The standard InChI is InChI=1S/C22H24N2O9.ClH/c1-21(32)7-5-4-6-8(25)9(7)15(26)10-12(21)17(28)13-14(24(2)3)16(27)11(20(23)31)19(30)22(13,33)18(10)29;/h4-6,12-14,17,25-26,28,30,32-33H,1-3H3,(H2,23,31);1H/t12-,13-,14+,17+,21-,22-;/m1./s1. The summed E-state index contributed by atoms with van der Waals surface area (Å²) in [4.78, 5) is 39.9. The number of aliphatic hydroxyl groups excluding tert-OH is 3. The summed E-state index contributed by atoms with van der Waals surface area (Å²) >= 11 is 0. The van der Waals surface area contributed by atoms with E-state index in [1.165, 1.54) is 44.1 Å². The number of hydrogen-bond acceptors (Lipinski definition) is 10. The lowest BCUT2D eigenvalue weighted by Gasteiger charge is -2.55. The van der Waals surface area contributed by atoms with E-state index in [9.17, 15) is 45.0 Å². The molecule has 0 bridgehead atoms. The Morgan fingerprint density at radius 3 is 2.24 bits per heavy atom. The van der Waals surface area contributed by atoms with Gasteiger partial charge < -0.3 is 36.4 Å². The molecule has 4 rings (SSSR count). The van der Waals surface area contributed by atoms with Crippen molar-refractivity contribution in [2.24, 2.45) is 17.6 Å². The molecule has 184 valence electrons. The van der Waals surface area contributed by atoms with Crippen LogP contribution in [0.2, 0.25) is 0 Å². The van der Waals surface area contributed by atoms with Gasteiger partial charge in [-0.3, -0.25) is 19.3 Å². The molecule has 0 aliphatic heterocycles. The largest absolute Gasteiger partial charge is 0.508 e. The topological polar surface area (TPSA) is 202 Å². The molecule has 1 fully saturated rings. The van der Waals surface area contributed by atoms with Crippen molar-refractivity contribution < 1.29 is 45.0 Å². The second kappa shape index (κ2) is 7.79. The lowest BCUT2D eigenvalue weighted by Crippen LogP contribution is -2.71. The van der Waals surface area contributed by atoms with E-state index in [0.717, 1.165) is 0 Å². The van der Waals surface area contributed by atoms with Gasteiger partial charge in [-0.1, -0.05) is 12.1 Å². The van der Waals surface area contributed by atoms with E-state index in [1.54, 1.807) is 0 Å². The first-order valence-electron chi connectivity index (χ1n) is 10.1. The summed E-state index contributed by atoms with van der Waals surface area (Å²) in [6.45, 7) is 1.25. The number of hydrogen-bond donors (Lipinski definition) is 7. The maximum Gasteiger partial charge on any atom is 0.255 e. The van der Waals surface area contributed by atoms with Crippen LogP contribution < -0.4 is 5.73 Å². The molecule has 1 aromatic carbocycles. The Hall–Kier alpha value is -2.96. The average molecular weight is 497 g/mol. The van der Waals surface area contributed by atoms with Gasteiger partial charge >= 0.3 is 0 Å². The number of fused-ring (bicyclic) bond motifs is 3. The number of halogens is 1. The molecule has 11 nitrogen and oxygen atoms in total. The van der Waals surface area contributed by atoms with E-state index in [1.807, 2.05) is 0 Å². The van der Waals surface area contributed by atoms with Crippen LogP contribution in [0.5, 0.6) is 5.75 Å². The summed E-state index contributed by atoms with van der Waals surface area (Å²) in [5.41, 5.74) is -1.78. The third-order valence-electron chi connectivity index (χ3n) is 7.03. The quantitative estimate of drug-likeness (QED) is 0.249. The lowest BCUT2D eigenvalue weighted by molar-refractivity contribution is -0.181. The van der Waals surface area contributed by atoms with Crippen molar-refractivity contribution in [3.05, 3.63) is 46.2 Å². The highest BCUT2D eigenvalue weighted by Crippen LogP contribution is 2.57. The van der Waals surface area contributed by atoms with Gasteiger partial charge in [-0.25, -0.2) is 0 Å². The molecule has 1 amide bonds. The highest BCUT2D eigenvalue weighted by atomic mass is 35.5. The molecule has 6 atom stereocenters. The monoisotopic (exact) mass is 496 g/mol. The number of phenolic OH excluding ortho intramolecular Hbond substituents is 1. The first kappa shape index (κ1) is 25.7. The molecule has 1 saturated carbocycles. The number of likely N-dealkylation sites (N-methyl/N-ethyl adjacent to an activating group) is 1. The van der Waals surface area contributed by atoms with E-state index < -0.39 is 81.1 Å². The number of carbonyl (C=O) groups is 3. The number of nitrogens with zero attached hydrogens (tertiary/aromatic N) is 1. The molecule has 1 aromatic rings. The zero-order valence-corrected chi connectivity index (χ0v) is 19.2. The minimum absolute atomic E-state index is 0. The van der Waals surface area contributed by atoms with E-state index in [4.69, 9.17) is 5.73 Å². The summed E-state index contributed by atoms with van der Waals surface area (Å²) < 4.78 is 0. The molecule has 0 aromatic heterocycles. The molecule has 3 aliphatic carbocycles. The Morgan fingerprint density at radius 2 is 1.71 bits per heavy atom. The predicted octanol–water partition coefficient (Wildman–Crippen LogP) is -0.978. The number of Topliss-reactive ketones (excluding diaryl/α,β-unsaturated/α-hetero) is 2. The zero-order chi connectivity index (χ0) is 24.8. The predicted molar refractivity (Wildman–Crippen MR) is 119 cm³/mol. The Bertz CT molecular complexity index is 1190. The normalized spacial score (nSPS) is 34.9. The van der Waals surface area contributed by atoms with Gasteiger partial charge in [0, 0.05) is 0 Å². The first-order valence-corrected chi connectivity index (χ1v) is 10.1. The number of ketones is 2. The molecule has 0 unspecified atom stereocenters. The number of aromatic hydroxyl groups is 1. The minimum atomic E-state index is -3.02. The number of carbonyl (C=O) groups excluding carboxylic acids is 3. The third kappa shape index (κ3) is 2.88. The van der Waals surface area contributed by atoms with Crippen LogP contribution in [-0.2, 0) is 20.0 Å². The van der Waals surface area contributed by atoms with Gasteiger partial charge in [0.2, 0.25) is 5.78 Å². The molecule has 0 saturated heterocycles. The zero-order valence-electron chi connectivity index (χ0n) is 18.4. The summed E-state index contributed by atoms with van der Waals surface area (Å²) in [5.74, 6) is -9.67. The number of nitrogens with two attached hydrogens (primary N) is 1. The first-order chi connectivity index (χ1) is 15.2. The van der Waals surface area contributed by atoms with Crippen molar-refractivity contribution in [3.63, 3.8) is 0 Å².